The van der Waals surface area contributed by atoms with Gasteiger partial charge in [0, 0.05) is 27.1 Å². The number of hydrazine groups is 1. The van der Waals surface area contributed by atoms with Gasteiger partial charge >= 0.3 is 6.36 Å². The lowest BCUT2D eigenvalue weighted by atomic mass is 10.3. The predicted molar refractivity (Wildman–Crippen MR) is 99.5 cm³/mol. The summed E-state index contributed by atoms with van der Waals surface area (Å²) in [5.74, 6) is -1.03. The molecule has 0 fully saturated rings. The number of anilines is 1. The number of aromatic nitrogens is 1. The van der Waals surface area contributed by atoms with E-state index in [4.69, 9.17) is 0 Å². The second-order valence-electron chi connectivity index (χ2n) is 4.85. The predicted octanol–water partition coefficient (Wildman–Crippen LogP) is 2.62. The second kappa shape index (κ2) is 9.80. The van der Waals surface area contributed by atoms with E-state index in [1.165, 1.54) is 31.1 Å². The Balaban J connectivity index is 3.08. The number of carbonyl (C=O) groups is 1. The van der Waals surface area contributed by atoms with Gasteiger partial charge in [-0.2, -0.15) is 0 Å². The Morgan fingerprint density at radius 1 is 1.44 bits per heavy atom. The van der Waals surface area contributed by atoms with E-state index in [2.05, 4.69) is 31.7 Å². The van der Waals surface area contributed by atoms with Crippen molar-refractivity contribution in [3.05, 3.63) is 30.7 Å². The molecule has 0 spiro atoms. The van der Waals surface area contributed by atoms with Crippen molar-refractivity contribution in [2.24, 2.45) is 9.98 Å². The van der Waals surface area contributed by atoms with E-state index in [-0.39, 0.29) is 11.5 Å². The van der Waals surface area contributed by atoms with E-state index in [9.17, 15) is 18.0 Å². The summed E-state index contributed by atoms with van der Waals surface area (Å²) in [7, 11) is 3.28. The molecule has 0 atom stereocenters. The summed E-state index contributed by atoms with van der Waals surface area (Å²) < 4.78 is 40.4. The Kier molecular flexibility index (Phi) is 8.09. The first-order valence-electron chi connectivity index (χ1n) is 7.33. The topological polar surface area (TPSA) is 82.4 Å². The highest BCUT2D eigenvalue weighted by molar-refractivity contribution is 8.13. The van der Waals surface area contributed by atoms with E-state index in [1.54, 1.807) is 25.4 Å². The van der Waals surface area contributed by atoms with Crippen LogP contribution in [-0.4, -0.2) is 54.1 Å². The van der Waals surface area contributed by atoms with Crippen molar-refractivity contribution in [1.29, 1.82) is 0 Å². The number of amides is 1. The average Bonchev–Trinajstić information content (AvgIpc) is 2.57. The zero-order chi connectivity index (χ0) is 20.6. The van der Waals surface area contributed by atoms with E-state index >= 15 is 0 Å². The van der Waals surface area contributed by atoms with Gasteiger partial charge in [0.2, 0.25) is 11.8 Å². The van der Waals surface area contributed by atoms with Gasteiger partial charge in [0.25, 0.3) is 0 Å². The summed E-state index contributed by atoms with van der Waals surface area (Å²) in [5.41, 5.74) is 3.03. The maximum absolute atomic E-state index is 12.2. The quantitative estimate of drug-likeness (QED) is 0.446. The number of halogens is 3. The van der Waals surface area contributed by atoms with Crippen molar-refractivity contribution in [3.8, 4) is 5.88 Å². The number of carbonyl (C=O) groups excluding carboxylic acids is 1. The van der Waals surface area contributed by atoms with E-state index in [1.807, 2.05) is 0 Å². The number of hydrogen-bond acceptors (Lipinski definition) is 6. The maximum atomic E-state index is 12.2. The first kappa shape index (κ1) is 22.3. The molecule has 1 heterocycles. The molecule has 0 aliphatic rings. The summed E-state index contributed by atoms with van der Waals surface area (Å²) in [6.07, 6.45) is -0.570. The van der Waals surface area contributed by atoms with Crippen molar-refractivity contribution < 1.29 is 22.7 Å². The van der Waals surface area contributed by atoms with Gasteiger partial charge in [-0.15, -0.1) is 13.2 Å². The summed E-state index contributed by atoms with van der Waals surface area (Å²) >= 11 is 1.28. The van der Waals surface area contributed by atoms with Crippen LogP contribution in [0, 0.1) is 0 Å². The number of hydrogen-bond donors (Lipinski definition) is 1. The lowest BCUT2D eigenvalue weighted by molar-refractivity contribution is -0.276. The fraction of sp³-hybridized carbons (Fsp3) is 0.333. The number of pyridine rings is 1. The zero-order valence-corrected chi connectivity index (χ0v) is 15.9. The number of amidine groups is 1. The van der Waals surface area contributed by atoms with Crippen LogP contribution in [0.3, 0.4) is 0 Å². The lowest BCUT2D eigenvalue weighted by Gasteiger charge is -2.23. The molecule has 1 N–H and O–H groups in total. The van der Waals surface area contributed by atoms with Crippen molar-refractivity contribution >= 4 is 34.9 Å². The van der Waals surface area contributed by atoms with Gasteiger partial charge in [-0.3, -0.25) is 25.1 Å². The minimum Gasteiger partial charge on any atom is -0.388 e. The van der Waals surface area contributed by atoms with Crippen molar-refractivity contribution in [1.82, 2.24) is 15.4 Å². The first-order valence-corrected chi connectivity index (χ1v) is 8.56. The van der Waals surface area contributed by atoms with E-state index in [0.717, 1.165) is 17.2 Å². The summed E-state index contributed by atoms with van der Waals surface area (Å²) in [4.78, 5) is 24.7. The number of ether oxygens (including phenoxy) is 1. The molecule has 0 aliphatic carbocycles. The van der Waals surface area contributed by atoms with Gasteiger partial charge in [-0.05, 0) is 12.3 Å². The number of nitrogens with zero attached hydrogens (tertiary/aromatic N) is 5. The fourth-order valence-electron chi connectivity index (χ4n) is 1.81. The minimum atomic E-state index is -4.85. The van der Waals surface area contributed by atoms with Crippen LogP contribution in [0.25, 0.3) is 0 Å². The Morgan fingerprint density at radius 2 is 2.11 bits per heavy atom. The number of nitrogens with one attached hydrogen (secondary N) is 1. The molecule has 27 heavy (non-hydrogen) atoms. The molecule has 0 aromatic carbocycles. The van der Waals surface area contributed by atoms with Crippen molar-refractivity contribution in [2.45, 2.75) is 13.3 Å². The normalized spacial score (nSPS) is 12.0. The molecular weight excluding hydrogens is 385 g/mol. The monoisotopic (exact) mass is 404 g/mol. The fourth-order valence-corrected chi connectivity index (χ4v) is 2.34. The molecule has 0 bridgehead atoms. The van der Waals surface area contributed by atoms with Crippen molar-refractivity contribution in [3.63, 3.8) is 0 Å². The van der Waals surface area contributed by atoms with Crippen LogP contribution in [0.1, 0.15) is 6.92 Å². The molecule has 1 rings (SSSR count). The molecule has 8 nitrogen and oxygen atoms in total. The average molecular weight is 404 g/mol. The molecule has 0 radical (unpaired) electrons. The van der Waals surface area contributed by atoms with Gasteiger partial charge in [0.05, 0.1) is 11.9 Å². The molecule has 0 unspecified atom stereocenters. The molecule has 1 aromatic rings. The van der Waals surface area contributed by atoms with Gasteiger partial charge in [-0.25, -0.2) is 9.98 Å². The molecule has 0 aliphatic heterocycles. The standard InChI is InChI=1S/C15H19F3N6O2S/c1-10(22-14(27-5)23(4)21-9-19-3)24(11(2)25)12-6-7-13(20-8-12)26-15(16,17)18/h6-9H,1H2,2-5H3,(H,19,21). The molecule has 1 amide bonds. The van der Waals surface area contributed by atoms with Crippen LogP contribution >= 0.6 is 11.8 Å². The SMILES string of the molecule is C=C(N=C(SC)N(C)NC=NC)N(C(C)=O)c1ccc(OC(F)(F)F)nc1. The molecule has 0 saturated heterocycles. The Bertz CT molecular complexity index is 721. The third-order valence-electron chi connectivity index (χ3n) is 2.85. The first-order chi connectivity index (χ1) is 12.6. The number of rotatable bonds is 6. The van der Waals surface area contributed by atoms with E-state index < -0.39 is 18.1 Å². The highest BCUT2D eigenvalue weighted by Crippen LogP contribution is 2.25. The van der Waals surface area contributed by atoms with Gasteiger partial charge in [0.15, 0.2) is 5.17 Å². The zero-order valence-electron chi connectivity index (χ0n) is 15.1. The van der Waals surface area contributed by atoms with Crippen LogP contribution in [-0.2, 0) is 4.79 Å². The van der Waals surface area contributed by atoms with Crippen LogP contribution in [0.5, 0.6) is 5.88 Å². The maximum Gasteiger partial charge on any atom is 0.574 e. The highest BCUT2D eigenvalue weighted by atomic mass is 32.2. The number of thioether (sulfide) groups is 1. The molecule has 12 heteroatoms. The molecular formula is C15H19F3N6O2S. The van der Waals surface area contributed by atoms with Crippen LogP contribution in [0.2, 0.25) is 0 Å². The lowest BCUT2D eigenvalue weighted by Crippen LogP contribution is -2.38. The summed E-state index contributed by atoms with van der Waals surface area (Å²) in [6, 6.07) is 2.25. The largest absolute Gasteiger partial charge is 0.574 e. The highest BCUT2D eigenvalue weighted by Gasteiger charge is 2.31. The number of aliphatic imine (C=N–C) groups is 2. The smallest absolute Gasteiger partial charge is 0.388 e. The molecule has 148 valence electrons. The molecule has 0 saturated carbocycles. The third kappa shape index (κ3) is 7.17. The van der Waals surface area contributed by atoms with Crippen LogP contribution in [0.4, 0.5) is 18.9 Å². The summed E-state index contributed by atoms with van der Waals surface area (Å²) in [5, 5.41) is 2.02. The van der Waals surface area contributed by atoms with Crippen LogP contribution in [0.15, 0.2) is 40.7 Å². The Labute approximate surface area is 158 Å². The van der Waals surface area contributed by atoms with Gasteiger partial charge < -0.3 is 4.74 Å². The minimum absolute atomic E-state index is 0.0558. The van der Waals surface area contributed by atoms with Gasteiger partial charge in [-0.1, -0.05) is 18.3 Å². The van der Waals surface area contributed by atoms with Crippen LogP contribution < -0.4 is 15.1 Å². The van der Waals surface area contributed by atoms with Gasteiger partial charge in [0.1, 0.15) is 12.2 Å². The Hall–Kier alpha value is -2.76. The van der Waals surface area contributed by atoms with Crippen molar-refractivity contribution in [2.75, 3.05) is 25.3 Å². The summed E-state index contributed by atoms with van der Waals surface area (Å²) in [6.45, 7) is 5.03. The number of alkyl halides is 3. The molecule has 1 aromatic heterocycles. The van der Waals surface area contributed by atoms with E-state index in [0.29, 0.717) is 5.17 Å². The third-order valence-corrected chi connectivity index (χ3v) is 3.58. The second-order valence-corrected chi connectivity index (χ2v) is 5.62. The Morgan fingerprint density at radius 3 is 2.56 bits per heavy atom.